The molecule has 0 bridgehead atoms. The van der Waals surface area contributed by atoms with Crippen LogP contribution in [0.3, 0.4) is 0 Å². The van der Waals surface area contributed by atoms with Crippen molar-refractivity contribution in [2.24, 2.45) is 0 Å². The van der Waals surface area contributed by atoms with Gasteiger partial charge >= 0.3 is 0 Å². The number of halogens is 1. The molecule has 90 valence electrons. The third-order valence-electron chi connectivity index (χ3n) is 1.81. The SMILES string of the molecule is C=CCNC(=S)N[NH+]=Cc1cc(Br)ccc1O. The first-order valence-electron chi connectivity index (χ1n) is 4.85. The lowest BCUT2D eigenvalue weighted by molar-refractivity contribution is -0.500. The number of nitrogens with one attached hydrogen (secondary N) is 3. The lowest BCUT2D eigenvalue weighted by Crippen LogP contribution is -2.82. The molecular formula is C11H13BrN3OS+. The first-order chi connectivity index (χ1) is 8.13. The molecule has 0 saturated carbocycles. The van der Waals surface area contributed by atoms with Gasteiger partial charge in [-0.2, -0.15) is 0 Å². The van der Waals surface area contributed by atoms with E-state index in [1.807, 2.05) is 0 Å². The zero-order chi connectivity index (χ0) is 12.7. The van der Waals surface area contributed by atoms with Gasteiger partial charge in [0.1, 0.15) is 5.75 Å². The Morgan fingerprint density at radius 3 is 3.06 bits per heavy atom. The zero-order valence-corrected chi connectivity index (χ0v) is 11.4. The van der Waals surface area contributed by atoms with Crippen LogP contribution in [-0.4, -0.2) is 23.0 Å². The summed E-state index contributed by atoms with van der Waals surface area (Å²) >= 11 is 8.29. The zero-order valence-electron chi connectivity index (χ0n) is 9.03. The minimum Gasteiger partial charge on any atom is -0.507 e. The Kier molecular flexibility index (Phi) is 5.65. The largest absolute Gasteiger partial charge is 0.507 e. The average Bonchev–Trinajstić information content (AvgIpc) is 2.31. The fraction of sp³-hybridized carbons (Fsp3) is 0.0909. The van der Waals surface area contributed by atoms with Gasteiger partial charge in [-0.15, -0.1) is 17.1 Å². The van der Waals surface area contributed by atoms with Crippen molar-refractivity contribution in [3.63, 3.8) is 0 Å². The molecule has 0 spiro atoms. The minimum atomic E-state index is 0.187. The van der Waals surface area contributed by atoms with Gasteiger partial charge in [0.15, 0.2) is 0 Å². The van der Waals surface area contributed by atoms with E-state index in [-0.39, 0.29) is 5.75 Å². The van der Waals surface area contributed by atoms with E-state index < -0.39 is 0 Å². The van der Waals surface area contributed by atoms with E-state index in [4.69, 9.17) is 12.2 Å². The van der Waals surface area contributed by atoms with Gasteiger partial charge < -0.3 is 10.4 Å². The van der Waals surface area contributed by atoms with E-state index in [1.54, 1.807) is 30.5 Å². The summed E-state index contributed by atoms with van der Waals surface area (Å²) in [6.07, 6.45) is 3.32. The lowest BCUT2D eigenvalue weighted by Gasteiger charge is -2.00. The lowest BCUT2D eigenvalue weighted by atomic mass is 10.2. The fourth-order valence-electron chi connectivity index (χ4n) is 1.03. The maximum atomic E-state index is 9.56. The summed E-state index contributed by atoms with van der Waals surface area (Å²) < 4.78 is 0.885. The molecule has 0 aliphatic rings. The topological polar surface area (TPSA) is 58.3 Å². The van der Waals surface area contributed by atoms with Crippen LogP contribution in [0.4, 0.5) is 0 Å². The van der Waals surface area contributed by atoms with Crippen molar-refractivity contribution < 1.29 is 10.2 Å². The Morgan fingerprint density at radius 1 is 1.59 bits per heavy atom. The third kappa shape index (κ3) is 4.97. The van der Waals surface area contributed by atoms with Gasteiger partial charge in [0.05, 0.1) is 5.56 Å². The van der Waals surface area contributed by atoms with E-state index in [9.17, 15) is 5.11 Å². The Labute approximate surface area is 114 Å². The summed E-state index contributed by atoms with van der Waals surface area (Å²) in [4.78, 5) is 0. The molecule has 0 heterocycles. The number of rotatable bonds is 4. The Morgan fingerprint density at radius 2 is 2.35 bits per heavy atom. The second kappa shape index (κ2) is 7.03. The maximum Gasteiger partial charge on any atom is 0.224 e. The molecule has 0 saturated heterocycles. The maximum absolute atomic E-state index is 9.56. The van der Waals surface area contributed by atoms with Crippen LogP contribution in [-0.2, 0) is 0 Å². The molecule has 0 atom stereocenters. The van der Waals surface area contributed by atoms with Crippen LogP contribution >= 0.6 is 28.1 Å². The van der Waals surface area contributed by atoms with Crippen LogP contribution < -0.4 is 15.8 Å². The van der Waals surface area contributed by atoms with Gasteiger partial charge in [-0.3, -0.25) is 0 Å². The van der Waals surface area contributed by atoms with Crippen LogP contribution in [0.15, 0.2) is 35.3 Å². The van der Waals surface area contributed by atoms with Crippen LogP contribution in [0.2, 0.25) is 0 Å². The fourth-order valence-corrected chi connectivity index (χ4v) is 1.55. The number of hydrogen-bond donors (Lipinski definition) is 4. The molecule has 0 fully saturated rings. The summed E-state index contributed by atoms with van der Waals surface area (Å²) in [5, 5.41) is 15.7. The third-order valence-corrected chi connectivity index (χ3v) is 2.55. The predicted octanol–water partition coefficient (Wildman–Crippen LogP) is 0.219. The van der Waals surface area contributed by atoms with Crippen molar-refractivity contribution in [1.82, 2.24) is 10.7 Å². The molecule has 0 amide bonds. The highest BCUT2D eigenvalue weighted by atomic mass is 79.9. The molecule has 0 aliphatic carbocycles. The van der Waals surface area contributed by atoms with Gasteiger partial charge in [0.2, 0.25) is 11.3 Å². The van der Waals surface area contributed by atoms with Crippen molar-refractivity contribution in [3.05, 3.63) is 40.9 Å². The van der Waals surface area contributed by atoms with E-state index in [0.717, 1.165) is 4.47 Å². The quantitative estimate of drug-likeness (QED) is 0.278. The highest BCUT2D eigenvalue weighted by Gasteiger charge is 2.01. The number of benzene rings is 1. The summed E-state index contributed by atoms with van der Waals surface area (Å²) in [6.45, 7) is 4.16. The van der Waals surface area contributed by atoms with Crippen molar-refractivity contribution in [2.45, 2.75) is 0 Å². The van der Waals surface area contributed by atoms with Crippen molar-refractivity contribution in [2.75, 3.05) is 6.54 Å². The second-order valence-corrected chi connectivity index (χ2v) is 4.44. The van der Waals surface area contributed by atoms with Gasteiger partial charge in [0, 0.05) is 11.0 Å². The van der Waals surface area contributed by atoms with E-state index in [1.165, 1.54) is 0 Å². The second-order valence-electron chi connectivity index (χ2n) is 3.12. The number of phenols is 1. The molecule has 0 aromatic heterocycles. The van der Waals surface area contributed by atoms with Crippen LogP contribution in [0.1, 0.15) is 5.56 Å². The molecule has 0 unspecified atom stereocenters. The summed E-state index contributed by atoms with van der Waals surface area (Å²) in [7, 11) is 0. The van der Waals surface area contributed by atoms with Gasteiger partial charge in [-0.25, -0.2) is 0 Å². The van der Waals surface area contributed by atoms with E-state index >= 15 is 0 Å². The Balaban J connectivity index is 2.56. The highest BCUT2D eigenvalue weighted by molar-refractivity contribution is 9.10. The monoisotopic (exact) mass is 314 g/mol. The van der Waals surface area contributed by atoms with Crippen molar-refractivity contribution in [1.29, 1.82) is 0 Å². The number of hydrazine groups is 1. The van der Waals surface area contributed by atoms with Crippen molar-refractivity contribution in [3.8, 4) is 5.75 Å². The molecule has 17 heavy (non-hydrogen) atoms. The van der Waals surface area contributed by atoms with Crippen LogP contribution in [0.5, 0.6) is 5.75 Å². The Hall–Kier alpha value is -1.40. The van der Waals surface area contributed by atoms with Crippen LogP contribution in [0, 0.1) is 0 Å². The molecular weight excluding hydrogens is 302 g/mol. The Bertz CT molecular complexity index is 448. The number of hydrogen-bond acceptors (Lipinski definition) is 2. The normalized spacial score (nSPS) is 10.2. The van der Waals surface area contributed by atoms with E-state index in [0.29, 0.717) is 17.2 Å². The molecule has 1 rings (SSSR count). The smallest absolute Gasteiger partial charge is 0.224 e. The molecule has 6 heteroatoms. The summed E-state index contributed by atoms with van der Waals surface area (Å²) in [5.41, 5.74) is 3.40. The first kappa shape index (κ1) is 13.7. The van der Waals surface area contributed by atoms with Crippen molar-refractivity contribution >= 4 is 39.5 Å². The van der Waals surface area contributed by atoms with E-state index in [2.05, 4.69) is 38.4 Å². The predicted molar refractivity (Wildman–Crippen MR) is 75.9 cm³/mol. The van der Waals surface area contributed by atoms with Gasteiger partial charge in [-0.05, 0) is 30.4 Å². The number of thiocarbonyl (C=S) groups is 1. The van der Waals surface area contributed by atoms with Crippen LogP contribution in [0.25, 0.3) is 0 Å². The summed E-state index contributed by atoms with van der Waals surface area (Å²) in [6, 6.07) is 5.15. The first-order valence-corrected chi connectivity index (χ1v) is 6.05. The molecule has 1 aromatic rings. The minimum absolute atomic E-state index is 0.187. The standard InChI is InChI=1S/C11H12BrN3OS/c1-2-5-13-11(17)15-14-7-8-6-9(12)3-4-10(8)16/h2-4,6-7,16H,1,5H2,(H2,13,15,17)/p+1. The highest BCUT2D eigenvalue weighted by Crippen LogP contribution is 2.19. The number of hydrazone groups is 1. The molecule has 4 N–H and O–H groups in total. The average molecular weight is 315 g/mol. The molecule has 1 aromatic carbocycles. The van der Waals surface area contributed by atoms with Gasteiger partial charge in [-0.1, -0.05) is 22.0 Å². The molecule has 4 nitrogen and oxygen atoms in total. The van der Waals surface area contributed by atoms with Gasteiger partial charge in [0.25, 0.3) is 0 Å². The molecule has 0 radical (unpaired) electrons. The number of aromatic hydroxyl groups is 1. The molecule has 0 aliphatic heterocycles. The number of phenolic OH excluding ortho intramolecular Hbond substituents is 1. The summed E-state index contributed by atoms with van der Waals surface area (Å²) in [5.74, 6) is 0.187.